The van der Waals surface area contributed by atoms with Gasteiger partial charge >= 0.3 is 6.18 Å². The smallest absolute Gasteiger partial charge is 0.369 e. The van der Waals surface area contributed by atoms with E-state index in [1.165, 1.54) is 24.0 Å². The fraction of sp³-hybridized carbons (Fsp3) is 0.500. The van der Waals surface area contributed by atoms with E-state index < -0.39 is 18.1 Å². The second-order valence-corrected chi connectivity index (χ2v) is 7.83. The van der Waals surface area contributed by atoms with Gasteiger partial charge in [-0.15, -0.1) is 0 Å². The quantitative estimate of drug-likeness (QED) is 0.547. The largest absolute Gasteiger partial charge is 0.437 e. The fourth-order valence-electron chi connectivity index (χ4n) is 4.35. The van der Waals surface area contributed by atoms with E-state index in [9.17, 15) is 18.3 Å². The minimum atomic E-state index is -4.64. The molecule has 2 fully saturated rings. The van der Waals surface area contributed by atoms with Crippen LogP contribution in [0.25, 0.3) is 5.65 Å². The predicted octanol–water partition coefficient (Wildman–Crippen LogP) is 1.38. The van der Waals surface area contributed by atoms with Crippen molar-refractivity contribution in [2.24, 2.45) is 13.0 Å². The van der Waals surface area contributed by atoms with Gasteiger partial charge in [0.25, 0.3) is 0 Å². The van der Waals surface area contributed by atoms with E-state index in [1.54, 1.807) is 6.20 Å². The van der Waals surface area contributed by atoms with Crippen LogP contribution in [0.2, 0.25) is 0 Å². The second-order valence-electron chi connectivity index (χ2n) is 7.83. The summed E-state index contributed by atoms with van der Waals surface area (Å²) in [6, 6.07) is 2.23. The first-order chi connectivity index (χ1) is 14.3. The normalized spacial score (nSPS) is 22.6. The van der Waals surface area contributed by atoms with Crippen LogP contribution in [0, 0.1) is 5.92 Å². The molecule has 3 unspecified atom stereocenters. The molecule has 2 aliphatic heterocycles. The number of anilines is 2. The van der Waals surface area contributed by atoms with Crippen molar-refractivity contribution in [3.8, 4) is 0 Å². The van der Waals surface area contributed by atoms with Gasteiger partial charge in [-0.2, -0.15) is 23.4 Å². The van der Waals surface area contributed by atoms with Crippen LogP contribution in [0.5, 0.6) is 0 Å². The van der Waals surface area contributed by atoms with Crippen molar-refractivity contribution in [2.45, 2.75) is 24.9 Å². The molecule has 5 heterocycles. The number of piperidine rings is 1. The second kappa shape index (κ2) is 6.84. The van der Waals surface area contributed by atoms with E-state index in [1.807, 2.05) is 6.07 Å². The zero-order chi connectivity index (χ0) is 21.0. The molecule has 30 heavy (non-hydrogen) atoms. The Kier molecular flexibility index (Phi) is 4.36. The number of aliphatic hydroxyl groups is 1. The van der Waals surface area contributed by atoms with Crippen LogP contribution in [0.15, 0.2) is 24.7 Å². The summed E-state index contributed by atoms with van der Waals surface area (Å²) in [6.07, 6.45) is -0.648. The van der Waals surface area contributed by atoms with Crippen LogP contribution in [-0.4, -0.2) is 55.2 Å². The van der Waals surface area contributed by atoms with Crippen LogP contribution in [0.4, 0.5) is 24.7 Å². The molecule has 5 rings (SSSR count). The van der Waals surface area contributed by atoms with Gasteiger partial charge < -0.3 is 20.6 Å². The Hall–Kier alpha value is -2.86. The lowest BCUT2D eigenvalue weighted by molar-refractivity contribution is -0.140. The van der Waals surface area contributed by atoms with Gasteiger partial charge in [-0.1, -0.05) is 0 Å². The first-order valence-electron chi connectivity index (χ1n) is 9.66. The molecule has 3 aromatic rings. The maximum Gasteiger partial charge on any atom is 0.437 e. The van der Waals surface area contributed by atoms with E-state index in [0.717, 1.165) is 36.6 Å². The van der Waals surface area contributed by atoms with Crippen LogP contribution in [-0.2, 0) is 13.2 Å². The molecule has 0 aromatic carbocycles. The monoisotopic (exact) mass is 422 g/mol. The van der Waals surface area contributed by atoms with Crippen LogP contribution in [0.3, 0.4) is 0 Å². The zero-order valence-electron chi connectivity index (χ0n) is 16.1. The van der Waals surface area contributed by atoms with Crippen LogP contribution < -0.4 is 15.5 Å². The number of nitrogens with one attached hydrogen (secondary N) is 2. The Balaban J connectivity index is 1.45. The fourth-order valence-corrected chi connectivity index (χ4v) is 4.35. The molecular formula is C18H21F3N8O. The number of rotatable bonds is 4. The summed E-state index contributed by atoms with van der Waals surface area (Å²) >= 11 is 0. The molecule has 3 aromatic heterocycles. The van der Waals surface area contributed by atoms with E-state index in [4.69, 9.17) is 0 Å². The molecule has 3 N–H and O–H groups in total. The molecule has 12 heteroatoms. The van der Waals surface area contributed by atoms with Gasteiger partial charge in [-0.3, -0.25) is 4.68 Å². The Labute approximate surface area is 169 Å². The Morgan fingerprint density at radius 1 is 1.33 bits per heavy atom. The number of hydrogen-bond donors (Lipinski definition) is 3. The van der Waals surface area contributed by atoms with E-state index in [-0.39, 0.29) is 11.3 Å². The summed E-state index contributed by atoms with van der Waals surface area (Å²) in [7, 11) is 1.39. The summed E-state index contributed by atoms with van der Waals surface area (Å²) in [4.78, 5) is 6.91. The summed E-state index contributed by atoms with van der Waals surface area (Å²) in [5.41, 5.74) is -0.730. The van der Waals surface area contributed by atoms with Crippen molar-refractivity contribution in [2.75, 3.05) is 29.9 Å². The number of hydrogen-bond acceptors (Lipinski definition) is 7. The third-order valence-corrected chi connectivity index (χ3v) is 5.67. The first kappa shape index (κ1) is 19.1. The van der Waals surface area contributed by atoms with Crippen molar-refractivity contribution < 1.29 is 18.3 Å². The predicted molar refractivity (Wildman–Crippen MR) is 102 cm³/mol. The maximum absolute atomic E-state index is 13.2. The summed E-state index contributed by atoms with van der Waals surface area (Å²) in [5.74, 6) is 1.34. The number of alkyl halides is 3. The molecule has 2 saturated heterocycles. The summed E-state index contributed by atoms with van der Waals surface area (Å²) in [6.45, 7) is 2.78. The highest BCUT2D eigenvalue weighted by Gasteiger charge is 2.38. The lowest BCUT2D eigenvalue weighted by Crippen LogP contribution is -2.39. The Morgan fingerprint density at radius 2 is 2.17 bits per heavy atom. The molecule has 2 aliphatic rings. The third kappa shape index (κ3) is 3.25. The Morgan fingerprint density at radius 3 is 2.93 bits per heavy atom. The number of fused-ring (bicyclic) bond motifs is 3. The molecule has 160 valence electrons. The minimum absolute atomic E-state index is 0.286. The topological polar surface area (TPSA) is 95.5 Å². The summed E-state index contributed by atoms with van der Waals surface area (Å²) < 4.78 is 42.2. The molecule has 0 spiro atoms. The van der Waals surface area contributed by atoms with E-state index >= 15 is 0 Å². The van der Waals surface area contributed by atoms with E-state index in [0.29, 0.717) is 17.6 Å². The zero-order valence-corrected chi connectivity index (χ0v) is 16.1. The minimum Gasteiger partial charge on any atom is -0.369 e. The lowest BCUT2D eigenvalue weighted by atomic mass is 10.0. The van der Waals surface area contributed by atoms with Crippen molar-refractivity contribution in [1.29, 1.82) is 0 Å². The molecule has 0 radical (unpaired) electrons. The molecule has 0 aliphatic carbocycles. The molecule has 0 saturated carbocycles. The highest BCUT2D eigenvalue weighted by atomic mass is 19.4. The van der Waals surface area contributed by atoms with Crippen molar-refractivity contribution in [3.05, 3.63) is 35.9 Å². The average Bonchev–Trinajstić information content (AvgIpc) is 3.36. The van der Waals surface area contributed by atoms with Gasteiger partial charge in [-0.05, 0) is 24.9 Å². The van der Waals surface area contributed by atoms with Gasteiger partial charge in [0.05, 0.1) is 17.4 Å². The number of aromatic nitrogens is 5. The number of aryl methyl sites for hydroxylation is 1. The lowest BCUT2D eigenvalue weighted by Gasteiger charge is -2.26. The van der Waals surface area contributed by atoms with Gasteiger partial charge in [0.2, 0.25) is 0 Å². The number of halogens is 3. The van der Waals surface area contributed by atoms with Gasteiger partial charge in [-0.25, -0.2) is 9.50 Å². The summed E-state index contributed by atoms with van der Waals surface area (Å²) in [5, 5.41) is 24.2. The highest BCUT2D eigenvalue weighted by Crippen LogP contribution is 2.35. The van der Waals surface area contributed by atoms with Crippen molar-refractivity contribution >= 4 is 17.2 Å². The van der Waals surface area contributed by atoms with Gasteiger partial charge in [0.1, 0.15) is 5.82 Å². The average molecular weight is 422 g/mol. The molecular weight excluding hydrogens is 401 g/mol. The molecule has 9 nitrogen and oxygen atoms in total. The van der Waals surface area contributed by atoms with Crippen LogP contribution in [0.1, 0.15) is 23.9 Å². The highest BCUT2D eigenvalue weighted by molar-refractivity contribution is 5.57. The third-order valence-electron chi connectivity index (χ3n) is 5.67. The molecule has 3 atom stereocenters. The van der Waals surface area contributed by atoms with Crippen molar-refractivity contribution in [3.63, 3.8) is 0 Å². The molecule has 0 amide bonds. The maximum atomic E-state index is 13.2. The van der Waals surface area contributed by atoms with E-state index in [2.05, 4.69) is 30.7 Å². The SMILES string of the molecule is Cn1cc(NC(O)c2cnn3ccc(N4CC5CNCC4C5)nc23)c(C(F)(F)F)n1. The van der Waals surface area contributed by atoms with Crippen molar-refractivity contribution in [1.82, 2.24) is 29.7 Å². The number of aliphatic hydroxyl groups excluding tert-OH is 1. The van der Waals surface area contributed by atoms with Gasteiger partial charge in [0, 0.05) is 38.6 Å². The number of nitrogens with zero attached hydrogens (tertiary/aromatic N) is 6. The first-order valence-corrected chi connectivity index (χ1v) is 9.66. The van der Waals surface area contributed by atoms with Gasteiger partial charge in [0.15, 0.2) is 17.6 Å². The Bertz CT molecular complexity index is 1080. The van der Waals surface area contributed by atoms with Crippen LogP contribution >= 0.6 is 0 Å². The standard InChI is InChI=1S/C18H21F3N8O/c1-27-9-13(15(26-27)18(19,20)21)24-17(30)12-7-23-29-3-2-14(25-16(12)29)28-8-10-4-11(28)6-22-5-10/h2-3,7,9-11,17,22,24,30H,4-6,8H2,1H3. The molecule has 2 bridgehead atoms.